The van der Waals surface area contributed by atoms with Crippen molar-refractivity contribution in [2.75, 3.05) is 37.7 Å². The number of benzene rings is 2. The van der Waals surface area contributed by atoms with Crippen molar-refractivity contribution in [3.05, 3.63) is 66.2 Å². The van der Waals surface area contributed by atoms with Gasteiger partial charge in [0.15, 0.2) is 0 Å². The van der Waals surface area contributed by atoms with Crippen molar-refractivity contribution in [1.82, 2.24) is 10.1 Å². The van der Waals surface area contributed by atoms with Crippen LogP contribution in [0.25, 0.3) is 11.3 Å². The Balaban J connectivity index is 1.34. The van der Waals surface area contributed by atoms with Crippen LogP contribution in [-0.2, 0) is 6.54 Å². The molecule has 1 aliphatic heterocycles. The first-order valence-corrected chi connectivity index (χ1v) is 13.0. The summed E-state index contributed by atoms with van der Waals surface area (Å²) in [5.41, 5.74) is 3.11. The molecule has 3 aromatic rings. The summed E-state index contributed by atoms with van der Waals surface area (Å²) >= 11 is 0. The molecule has 2 aliphatic rings. The van der Waals surface area contributed by atoms with Crippen LogP contribution in [0.5, 0.6) is 5.75 Å². The van der Waals surface area contributed by atoms with E-state index in [0.29, 0.717) is 19.0 Å². The molecule has 5 rings (SSSR count). The Bertz CT molecular complexity index is 1040. The van der Waals surface area contributed by atoms with Crippen LogP contribution in [0.2, 0.25) is 0 Å². The number of rotatable bonds is 11. The van der Waals surface area contributed by atoms with E-state index in [4.69, 9.17) is 9.26 Å². The highest BCUT2D eigenvalue weighted by molar-refractivity contribution is 5.68. The average Bonchev–Trinajstić information content (AvgIpc) is 3.61. The molecule has 0 amide bonds. The van der Waals surface area contributed by atoms with Crippen LogP contribution in [0, 0.1) is 11.8 Å². The van der Waals surface area contributed by atoms with E-state index in [2.05, 4.69) is 34.0 Å². The first-order chi connectivity index (χ1) is 17.2. The molecule has 0 radical (unpaired) electrons. The van der Waals surface area contributed by atoms with Crippen LogP contribution in [0.4, 0.5) is 5.88 Å². The molecule has 6 nitrogen and oxygen atoms in total. The predicted molar refractivity (Wildman–Crippen MR) is 138 cm³/mol. The van der Waals surface area contributed by atoms with E-state index < -0.39 is 6.10 Å². The Hall–Kier alpha value is -2.83. The van der Waals surface area contributed by atoms with E-state index in [1.54, 1.807) is 0 Å². The van der Waals surface area contributed by atoms with Gasteiger partial charge >= 0.3 is 0 Å². The van der Waals surface area contributed by atoms with Gasteiger partial charge in [0.2, 0.25) is 5.88 Å². The molecule has 0 bridgehead atoms. The fourth-order valence-electron chi connectivity index (χ4n) is 4.88. The number of aliphatic hydroxyl groups excluding tert-OH is 1. The van der Waals surface area contributed by atoms with Crippen LogP contribution < -0.4 is 9.64 Å². The summed E-state index contributed by atoms with van der Waals surface area (Å²) in [6, 6.07) is 20.0. The quantitative estimate of drug-likeness (QED) is 0.410. The van der Waals surface area contributed by atoms with Crippen molar-refractivity contribution < 1.29 is 14.4 Å². The highest BCUT2D eigenvalue weighted by Crippen LogP contribution is 2.36. The Kier molecular flexibility index (Phi) is 7.69. The van der Waals surface area contributed by atoms with E-state index in [9.17, 15) is 5.11 Å². The lowest BCUT2D eigenvalue weighted by Crippen LogP contribution is -2.37. The highest BCUT2D eigenvalue weighted by atomic mass is 16.5. The van der Waals surface area contributed by atoms with Gasteiger partial charge in [0.1, 0.15) is 24.2 Å². The predicted octanol–water partition coefficient (Wildman–Crippen LogP) is 5.23. The van der Waals surface area contributed by atoms with Crippen LogP contribution >= 0.6 is 0 Å². The number of para-hydroxylation sites is 1. The number of hydrogen-bond acceptors (Lipinski definition) is 6. The summed E-state index contributed by atoms with van der Waals surface area (Å²) < 4.78 is 11.8. The van der Waals surface area contributed by atoms with Gasteiger partial charge in [-0.3, -0.25) is 4.90 Å². The number of aromatic nitrogens is 1. The molecular weight excluding hydrogens is 438 g/mol. The zero-order valence-electron chi connectivity index (χ0n) is 20.7. The number of ether oxygens (including phenoxy) is 1. The van der Waals surface area contributed by atoms with Crippen molar-refractivity contribution in [3.8, 4) is 17.0 Å². The number of nitrogens with zero attached hydrogens (tertiary/aromatic N) is 3. The molecule has 1 saturated heterocycles. The standard InChI is InChI=1S/C29H37N3O3/c1-22-14-16-32(17-15-22)29-27(28(30-35-29)24-8-4-2-5-9-24)20-31(18-23-12-13-23)19-25(33)21-34-26-10-6-3-7-11-26/h2-11,22-23,25,33H,12-21H2,1H3/t25-/m1/s1. The monoisotopic (exact) mass is 475 g/mol. The van der Waals surface area contributed by atoms with Gasteiger partial charge in [-0.05, 0) is 49.7 Å². The molecule has 2 heterocycles. The Labute approximate surface area is 208 Å². The average molecular weight is 476 g/mol. The molecule has 186 valence electrons. The van der Waals surface area contributed by atoms with E-state index >= 15 is 0 Å². The van der Waals surface area contributed by atoms with E-state index in [-0.39, 0.29) is 6.61 Å². The van der Waals surface area contributed by atoms with E-state index in [1.165, 1.54) is 25.7 Å². The van der Waals surface area contributed by atoms with Gasteiger partial charge in [-0.1, -0.05) is 60.6 Å². The van der Waals surface area contributed by atoms with E-state index in [1.807, 2.05) is 48.5 Å². The van der Waals surface area contributed by atoms with Crippen LogP contribution in [0.1, 0.15) is 38.2 Å². The summed E-state index contributed by atoms with van der Waals surface area (Å²) in [7, 11) is 0. The molecule has 1 aliphatic carbocycles. The molecule has 2 fully saturated rings. The van der Waals surface area contributed by atoms with E-state index in [0.717, 1.165) is 54.0 Å². The van der Waals surface area contributed by atoms with Gasteiger partial charge in [-0.25, -0.2) is 0 Å². The summed E-state index contributed by atoms with van der Waals surface area (Å²) in [6.45, 7) is 6.81. The summed E-state index contributed by atoms with van der Waals surface area (Å²) in [5, 5.41) is 15.4. The molecule has 0 unspecified atom stereocenters. The lowest BCUT2D eigenvalue weighted by atomic mass is 9.98. The van der Waals surface area contributed by atoms with Gasteiger partial charge in [0.25, 0.3) is 0 Å². The molecule has 0 spiro atoms. The molecule has 35 heavy (non-hydrogen) atoms. The maximum absolute atomic E-state index is 10.9. The minimum atomic E-state index is -0.576. The maximum Gasteiger partial charge on any atom is 0.232 e. The van der Waals surface area contributed by atoms with Crippen molar-refractivity contribution in [1.29, 1.82) is 0 Å². The molecule has 1 aromatic heterocycles. The summed E-state index contributed by atoms with van der Waals surface area (Å²) in [6.07, 6.45) is 4.29. The lowest BCUT2D eigenvalue weighted by molar-refractivity contribution is 0.0639. The molecular formula is C29H37N3O3. The zero-order chi connectivity index (χ0) is 24.0. The first-order valence-electron chi connectivity index (χ1n) is 13.0. The van der Waals surface area contributed by atoms with Crippen LogP contribution in [0.15, 0.2) is 65.2 Å². The highest BCUT2D eigenvalue weighted by Gasteiger charge is 2.30. The van der Waals surface area contributed by atoms with Crippen LogP contribution in [0.3, 0.4) is 0 Å². The third kappa shape index (κ3) is 6.44. The summed E-state index contributed by atoms with van der Waals surface area (Å²) in [4.78, 5) is 4.73. The fraction of sp³-hybridized carbons (Fsp3) is 0.483. The first kappa shape index (κ1) is 23.9. The molecule has 6 heteroatoms. The zero-order valence-corrected chi connectivity index (χ0v) is 20.7. The second-order valence-electron chi connectivity index (χ2n) is 10.3. The topological polar surface area (TPSA) is 62.0 Å². The molecule has 1 N–H and O–H groups in total. The Morgan fingerprint density at radius 1 is 1.03 bits per heavy atom. The summed E-state index contributed by atoms with van der Waals surface area (Å²) in [5.74, 6) is 3.13. The second-order valence-corrected chi connectivity index (χ2v) is 10.3. The van der Waals surface area contributed by atoms with Gasteiger partial charge in [-0.15, -0.1) is 0 Å². The minimum absolute atomic E-state index is 0.275. The fourth-order valence-corrected chi connectivity index (χ4v) is 4.88. The normalized spacial score (nSPS) is 17.6. The third-order valence-corrected chi connectivity index (χ3v) is 7.14. The third-order valence-electron chi connectivity index (χ3n) is 7.14. The minimum Gasteiger partial charge on any atom is -0.491 e. The second kappa shape index (κ2) is 11.3. The SMILES string of the molecule is CC1CCN(c2onc(-c3ccccc3)c2CN(CC2CC2)C[C@@H](O)COc2ccccc2)CC1. The van der Waals surface area contributed by atoms with Gasteiger partial charge in [0.05, 0.1) is 5.56 Å². The van der Waals surface area contributed by atoms with Gasteiger partial charge in [-0.2, -0.15) is 0 Å². The maximum atomic E-state index is 10.9. The van der Waals surface area contributed by atoms with Crippen molar-refractivity contribution in [3.63, 3.8) is 0 Å². The Morgan fingerprint density at radius 2 is 1.71 bits per heavy atom. The number of piperidine rings is 1. The number of aliphatic hydroxyl groups is 1. The molecule has 1 atom stereocenters. The largest absolute Gasteiger partial charge is 0.491 e. The molecule has 2 aromatic carbocycles. The van der Waals surface area contributed by atoms with Gasteiger partial charge in [0, 0.05) is 38.3 Å². The number of anilines is 1. The molecule has 1 saturated carbocycles. The van der Waals surface area contributed by atoms with Gasteiger partial charge < -0.3 is 19.3 Å². The number of hydrogen-bond donors (Lipinski definition) is 1. The van der Waals surface area contributed by atoms with Crippen LogP contribution in [-0.4, -0.2) is 54.1 Å². The van der Waals surface area contributed by atoms with Crippen molar-refractivity contribution in [2.24, 2.45) is 11.8 Å². The Morgan fingerprint density at radius 3 is 2.40 bits per heavy atom. The van der Waals surface area contributed by atoms with Crippen molar-refractivity contribution >= 4 is 5.88 Å². The lowest BCUT2D eigenvalue weighted by Gasteiger charge is -2.31. The smallest absolute Gasteiger partial charge is 0.232 e. The van der Waals surface area contributed by atoms with Crippen molar-refractivity contribution in [2.45, 2.75) is 45.3 Å².